The lowest BCUT2D eigenvalue weighted by molar-refractivity contribution is 0.412. The average Bonchev–Trinajstić information content (AvgIpc) is 2.38. The van der Waals surface area contributed by atoms with Gasteiger partial charge in [-0.3, -0.25) is 4.72 Å². The van der Waals surface area contributed by atoms with Gasteiger partial charge in [0.1, 0.15) is 10.6 Å². The molecule has 0 radical (unpaired) electrons. The van der Waals surface area contributed by atoms with Crippen molar-refractivity contribution in [1.82, 2.24) is 10.2 Å². The van der Waals surface area contributed by atoms with Gasteiger partial charge in [0.2, 0.25) is 0 Å². The van der Waals surface area contributed by atoms with Gasteiger partial charge in [-0.25, -0.2) is 8.42 Å². The van der Waals surface area contributed by atoms with Crippen LogP contribution in [-0.4, -0.2) is 25.7 Å². The predicted octanol–water partition coefficient (Wildman–Crippen LogP) is 0.868. The first-order chi connectivity index (χ1) is 9.03. The Bertz CT molecular complexity index is 688. The average molecular weight is 280 g/mol. The van der Waals surface area contributed by atoms with E-state index in [4.69, 9.17) is 10.5 Å². The Kier molecular flexibility index (Phi) is 3.52. The third kappa shape index (κ3) is 2.91. The Balaban J connectivity index is 2.34. The minimum atomic E-state index is -3.80. The molecule has 0 aliphatic carbocycles. The SMILES string of the molecule is COc1cnnc(NS(=O)(=O)c2ccccc2N)c1. The Morgan fingerprint density at radius 2 is 2.05 bits per heavy atom. The minimum Gasteiger partial charge on any atom is -0.495 e. The van der Waals surface area contributed by atoms with E-state index in [0.717, 1.165) is 0 Å². The molecule has 100 valence electrons. The maximum absolute atomic E-state index is 12.1. The monoisotopic (exact) mass is 280 g/mol. The molecule has 0 aliphatic rings. The number of rotatable bonds is 4. The van der Waals surface area contributed by atoms with Crippen molar-refractivity contribution in [2.75, 3.05) is 17.6 Å². The molecule has 0 spiro atoms. The van der Waals surface area contributed by atoms with Crippen molar-refractivity contribution in [2.45, 2.75) is 4.90 Å². The summed E-state index contributed by atoms with van der Waals surface area (Å²) in [5.74, 6) is 0.455. The number of ether oxygens (including phenoxy) is 1. The lowest BCUT2D eigenvalue weighted by Crippen LogP contribution is -2.15. The first kappa shape index (κ1) is 13.1. The zero-order valence-corrected chi connectivity index (χ0v) is 10.9. The van der Waals surface area contributed by atoms with E-state index >= 15 is 0 Å². The van der Waals surface area contributed by atoms with Gasteiger partial charge >= 0.3 is 0 Å². The number of nitrogens with two attached hydrogens (primary N) is 1. The van der Waals surface area contributed by atoms with Crippen LogP contribution in [0.3, 0.4) is 0 Å². The molecule has 0 saturated carbocycles. The summed E-state index contributed by atoms with van der Waals surface area (Å²) < 4.78 is 31.5. The zero-order chi connectivity index (χ0) is 13.9. The lowest BCUT2D eigenvalue weighted by Gasteiger charge is -2.09. The lowest BCUT2D eigenvalue weighted by atomic mass is 10.3. The first-order valence-electron chi connectivity index (χ1n) is 5.27. The fourth-order valence-corrected chi connectivity index (χ4v) is 2.55. The van der Waals surface area contributed by atoms with Gasteiger partial charge in [0.05, 0.1) is 19.0 Å². The number of sulfonamides is 1. The summed E-state index contributed by atoms with van der Waals surface area (Å²) in [4.78, 5) is -0.0142. The van der Waals surface area contributed by atoms with E-state index in [-0.39, 0.29) is 16.4 Å². The smallest absolute Gasteiger partial charge is 0.265 e. The summed E-state index contributed by atoms with van der Waals surface area (Å²) >= 11 is 0. The molecule has 2 aromatic rings. The number of para-hydroxylation sites is 1. The molecule has 0 saturated heterocycles. The number of anilines is 2. The zero-order valence-electron chi connectivity index (χ0n) is 10.1. The Hall–Kier alpha value is -2.35. The molecule has 0 fully saturated rings. The second kappa shape index (κ2) is 5.11. The molecular weight excluding hydrogens is 268 g/mol. The highest BCUT2D eigenvalue weighted by Crippen LogP contribution is 2.21. The van der Waals surface area contributed by atoms with Gasteiger partial charge < -0.3 is 10.5 Å². The minimum absolute atomic E-state index is 0.0142. The fourth-order valence-electron chi connectivity index (χ4n) is 1.43. The molecular formula is C11H12N4O3S. The number of nitrogens with one attached hydrogen (secondary N) is 1. The van der Waals surface area contributed by atoms with Crippen LogP contribution in [0.1, 0.15) is 0 Å². The molecule has 0 aliphatic heterocycles. The highest BCUT2D eigenvalue weighted by atomic mass is 32.2. The molecule has 1 aromatic heterocycles. The Morgan fingerprint density at radius 1 is 1.32 bits per heavy atom. The van der Waals surface area contributed by atoms with Crippen LogP contribution in [-0.2, 0) is 10.0 Å². The van der Waals surface area contributed by atoms with Crippen molar-refractivity contribution in [3.63, 3.8) is 0 Å². The molecule has 0 amide bonds. The van der Waals surface area contributed by atoms with E-state index in [9.17, 15) is 8.42 Å². The van der Waals surface area contributed by atoms with Gasteiger partial charge in [-0.15, -0.1) is 5.10 Å². The normalized spacial score (nSPS) is 11.0. The van der Waals surface area contributed by atoms with Crippen LogP contribution in [0, 0.1) is 0 Å². The van der Waals surface area contributed by atoms with Gasteiger partial charge in [-0.05, 0) is 12.1 Å². The number of hydrogen-bond acceptors (Lipinski definition) is 6. The van der Waals surface area contributed by atoms with E-state index in [1.807, 2.05) is 0 Å². The Morgan fingerprint density at radius 3 is 2.74 bits per heavy atom. The van der Waals surface area contributed by atoms with Gasteiger partial charge in [0.25, 0.3) is 10.0 Å². The molecule has 19 heavy (non-hydrogen) atoms. The van der Waals surface area contributed by atoms with Crippen LogP contribution in [0.5, 0.6) is 5.75 Å². The summed E-state index contributed by atoms with van der Waals surface area (Å²) in [5.41, 5.74) is 5.79. The van der Waals surface area contributed by atoms with Crippen LogP contribution in [0.15, 0.2) is 41.4 Å². The number of hydrogen-bond donors (Lipinski definition) is 2. The molecule has 0 atom stereocenters. The molecule has 2 rings (SSSR count). The largest absolute Gasteiger partial charge is 0.495 e. The second-order valence-corrected chi connectivity index (χ2v) is 5.27. The number of aromatic nitrogens is 2. The summed E-state index contributed by atoms with van der Waals surface area (Å²) in [6, 6.07) is 7.57. The van der Waals surface area contributed by atoms with E-state index in [2.05, 4.69) is 14.9 Å². The summed E-state index contributed by atoms with van der Waals surface area (Å²) in [7, 11) is -2.35. The highest BCUT2D eigenvalue weighted by Gasteiger charge is 2.18. The maximum atomic E-state index is 12.1. The molecule has 0 bridgehead atoms. The van der Waals surface area contributed by atoms with Gasteiger partial charge in [0, 0.05) is 6.07 Å². The fraction of sp³-hybridized carbons (Fsp3) is 0.0909. The third-order valence-corrected chi connectivity index (χ3v) is 3.74. The van der Waals surface area contributed by atoms with Crippen molar-refractivity contribution in [1.29, 1.82) is 0 Å². The Labute approximate surface area is 110 Å². The quantitative estimate of drug-likeness (QED) is 0.805. The maximum Gasteiger partial charge on any atom is 0.265 e. The molecule has 0 unspecified atom stereocenters. The van der Waals surface area contributed by atoms with Crippen LogP contribution < -0.4 is 15.2 Å². The number of methoxy groups -OCH3 is 1. The summed E-state index contributed by atoms with van der Waals surface area (Å²) in [6.07, 6.45) is 1.37. The second-order valence-electron chi connectivity index (χ2n) is 3.62. The van der Waals surface area contributed by atoms with Gasteiger partial charge in [0.15, 0.2) is 5.82 Å². The van der Waals surface area contributed by atoms with Crippen LogP contribution in [0.2, 0.25) is 0 Å². The van der Waals surface area contributed by atoms with Gasteiger partial charge in [-0.2, -0.15) is 5.10 Å². The van der Waals surface area contributed by atoms with Crippen molar-refractivity contribution in [3.8, 4) is 5.75 Å². The summed E-state index contributed by atoms with van der Waals surface area (Å²) in [5, 5.41) is 7.29. The number of nitrogen functional groups attached to an aromatic ring is 1. The topological polar surface area (TPSA) is 107 Å². The number of nitrogens with zero attached hydrogens (tertiary/aromatic N) is 2. The van der Waals surface area contributed by atoms with Crippen molar-refractivity contribution in [3.05, 3.63) is 36.5 Å². The molecule has 1 heterocycles. The molecule has 1 aromatic carbocycles. The van der Waals surface area contributed by atoms with E-state index in [1.165, 1.54) is 31.5 Å². The van der Waals surface area contributed by atoms with Gasteiger partial charge in [-0.1, -0.05) is 12.1 Å². The van der Waals surface area contributed by atoms with Crippen LogP contribution >= 0.6 is 0 Å². The van der Waals surface area contributed by atoms with E-state index in [0.29, 0.717) is 5.75 Å². The van der Waals surface area contributed by atoms with Crippen molar-refractivity contribution in [2.24, 2.45) is 0 Å². The highest BCUT2D eigenvalue weighted by molar-refractivity contribution is 7.92. The van der Waals surface area contributed by atoms with E-state index in [1.54, 1.807) is 12.1 Å². The van der Waals surface area contributed by atoms with Crippen molar-refractivity contribution < 1.29 is 13.2 Å². The first-order valence-corrected chi connectivity index (χ1v) is 6.75. The van der Waals surface area contributed by atoms with E-state index < -0.39 is 10.0 Å². The third-order valence-electron chi connectivity index (χ3n) is 2.31. The predicted molar refractivity (Wildman–Crippen MR) is 70.2 cm³/mol. The molecule has 8 heteroatoms. The summed E-state index contributed by atoms with van der Waals surface area (Å²) in [6.45, 7) is 0. The number of benzene rings is 1. The van der Waals surface area contributed by atoms with Crippen molar-refractivity contribution >= 4 is 21.5 Å². The standard InChI is InChI=1S/C11H12N4O3S/c1-18-8-6-11(14-13-7-8)15-19(16,17)10-5-3-2-4-9(10)12/h2-7H,12H2,1H3,(H,14,15). The van der Waals surface area contributed by atoms with Crippen LogP contribution in [0.25, 0.3) is 0 Å². The molecule has 7 nitrogen and oxygen atoms in total. The molecule has 3 N–H and O–H groups in total. The van der Waals surface area contributed by atoms with Crippen LogP contribution in [0.4, 0.5) is 11.5 Å².